The molecule has 4 nitrogen and oxygen atoms in total. The topological polar surface area (TPSA) is 41.6 Å². The Morgan fingerprint density at radius 2 is 2.41 bits per heavy atom. The molecule has 1 heterocycles. The van der Waals surface area contributed by atoms with Crippen LogP contribution in [0.1, 0.15) is 13.3 Å². The van der Waals surface area contributed by atoms with Gasteiger partial charge in [-0.05, 0) is 13.3 Å². The number of amides is 1. The van der Waals surface area contributed by atoms with Gasteiger partial charge in [-0.2, -0.15) is 0 Å². The third kappa shape index (κ3) is 2.71. The molecule has 1 N–H and O–H groups in total. The Bertz CT molecular complexity index is 403. The molecule has 1 amide bonds. The van der Waals surface area contributed by atoms with Crippen LogP contribution >= 0.6 is 23.0 Å². The molecule has 1 aliphatic heterocycles. The lowest BCUT2D eigenvalue weighted by molar-refractivity contribution is -0.117. The first-order chi connectivity index (χ1) is 8.11. The summed E-state index contributed by atoms with van der Waals surface area (Å²) < 4.78 is 5.12. The molecule has 2 rings (SSSR count). The van der Waals surface area contributed by atoms with Gasteiger partial charge >= 0.3 is 0 Å². The minimum absolute atomic E-state index is 0.0691. The molecule has 0 saturated carbocycles. The molecule has 1 aliphatic carbocycles. The van der Waals surface area contributed by atoms with E-state index < -0.39 is 0 Å². The number of hydrogen-bond acceptors (Lipinski definition) is 3. The second-order valence-electron chi connectivity index (χ2n) is 4.34. The molecule has 0 saturated heterocycles. The molecule has 0 spiro atoms. The number of hydrogen-bond donors (Lipinski definition) is 1. The average molecular weight is 346 g/mol. The van der Waals surface area contributed by atoms with Crippen molar-refractivity contribution in [3.05, 3.63) is 36.3 Å². The van der Waals surface area contributed by atoms with E-state index in [4.69, 9.17) is 3.07 Å². The Hall–Kier alpha value is -0.820. The molecule has 0 aromatic rings. The molecule has 17 heavy (non-hydrogen) atoms. The summed E-state index contributed by atoms with van der Waals surface area (Å²) in [4.78, 5) is 13.4. The first kappa shape index (κ1) is 12.6. The maximum absolute atomic E-state index is 11.4. The van der Waals surface area contributed by atoms with Gasteiger partial charge in [0, 0.05) is 17.7 Å². The molecular formula is C12H15IN2O2. The smallest absolute Gasteiger partial charge is 0.253 e. The maximum Gasteiger partial charge on any atom is 0.253 e. The predicted octanol–water partition coefficient (Wildman–Crippen LogP) is 2.10. The van der Waals surface area contributed by atoms with Gasteiger partial charge in [-0.3, -0.25) is 4.79 Å². The van der Waals surface area contributed by atoms with E-state index in [1.165, 1.54) is 0 Å². The molecule has 0 radical (unpaired) electrons. The second kappa shape index (κ2) is 5.22. The minimum Gasteiger partial charge on any atom is -0.328 e. The Kier molecular flexibility index (Phi) is 3.88. The van der Waals surface area contributed by atoms with E-state index >= 15 is 0 Å². The molecule has 2 aliphatic rings. The highest BCUT2D eigenvalue weighted by Crippen LogP contribution is 2.27. The Labute approximate surface area is 115 Å². The predicted molar refractivity (Wildman–Crippen MR) is 73.9 cm³/mol. The van der Waals surface area contributed by atoms with E-state index in [-0.39, 0.29) is 11.9 Å². The first-order valence-corrected chi connectivity index (χ1v) is 6.38. The SMILES string of the molecule is C=C1NC(=O)C(C)=CN1C1C=CC(COI)C1. The lowest BCUT2D eigenvalue weighted by Gasteiger charge is -2.32. The quantitative estimate of drug-likeness (QED) is 0.629. The van der Waals surface area contributed by atoms with E-state index in [1.54, 1.807) is 6.92 Å². The fourth-order valence-electron chi connectivity index (χ4n) is 2.10. The normalized spacial score (nSPS) is 28.4. The van der Waals surface area contributed by atoms with Gasteiger partial charge in [0.2, 0.25) is 0 Å². The van der Waals surface area contributed by atoms with Crippen LogP contribution in [-0.2, 0) is 7.86 Å². The van der Waals surface area contributed by atoms with Crippen molar-refractivity contribution >= 4 is 28.9 Å². The Balaban J connectivity index is 2.07. The van der Waals surface area contributed by atoms with Crippen molar-refractivity contribution in [3.63, 3.8) is 0 Å². The number of nitrogens with one attached hydrogen (secondary N) is 1. The third-order valence-corrected chi connectivity index (χ3v) is 3.40. The number of nitrogens with zero attached hydrogens (tertiary/aromatic N) is 1. The van der Waals surface area contributed by atoms with Crippen molar-refractivity contribution in [2.45, 2.75) is 19.4 Å². The first-order valence-electron chi connectivity index (χ1n) is 5.50. The Morgan fingerprint density at radius 1 is 1.65 bits per heavy atom. The summed E-state index contributed by atoms with van der Waals surface area (Å²) >= 11 is 1.91. The van der Waals surface area contributed by atoms with Crippen molar-refractivity contribution in [2.75, 3.05) is 6.61 Å². The van der Waals surface area contributed by atoms with Crippen LogP contribution in [-0.4, -0.2) is 23.5 Å². The van der Waals surface area contributed by atoms with E-state index in [2.05, 4.69) is 24.0 Å². The molecular weight excluding hydrogens is 331 g/mol. The third-order valence-electron chi connectivity index (χ3n) is 3.04. The molecule has 0 aromatic carbocycles. The van der Waals surface area contributed by atoms with Crippen LogP contribution in [0, 0.1) is 5.92 Å². The van der Waals surface area contributed by atoms with Gasteiger partial charge in [0.15, 0.2) is 0 Å². The highest BCUT2D eigenvalue weighted by molar-refractivity contribution is 14.1. The molecule has 92 valence electrons. The van der Waals surface area contributed by atoms with Crippen LogP contribution in [0.15, 0.2) is 36.3 Å². The summed E-state index contributed by atoms with van der Waals surface area (Å²) in [5.74, 6) is 1.02. The van der Waals surface area contributed by atoms with Gasteiger partial charge in [-0.15, -0.1) is 0 Å². The zero-order valence-corrected chi connectivity index (χ0v) is 11.8. The molecule has 2 unspecified atom stereocenters. The van der Waals surface area contributed by atoms with E-state index in [9.17, 15) is 4.79 Å². The van der Waals surface area contributed by atoms with Crippen molar-refractivity contribution in [3.8, 4) is 0 Å². The van der Waals surface area contributed by atoms with Gasteiger partial charge in [0.05, 0.1) is 12.6 Å². The fraction of sp³-hybridized carbons (Fsp3) is 0.417. The van der Waals surface area contributed by atoms with Crippen LogP contribution in [0.3, 0.4) is 0 Å². The van der Waals surface area contributed by atoms with Gasteiger partial charge in [-0.25, -0.2) is 0 Å². The van der Waals surface area contributed by atoms with E-state index in [0.717, 1.165) is 13.0 Å². The number of halogens is 1. The monoisotopic (exact) mass is 346 g/mol. The summed E-state index contributed by atoms with van der Waals surface area (Å²) in [6.45, 7) is 6.41. The van der Waals surface area contributed by atoms with Crippen LogP contribution in [0.5, 0.6) is 0 Å². The van der Waals surface area contributed by atoms with Crippen LogP contribution in [0.4, 0.5) is 0 Å². The highest BCUT2D eigenvalue weighted by Gasteiger charge is 2.28. The standard InChI is InChI=1S/C12H15IN2O2/c1-8-6-15(9(2)14-12(8)16)11-4-3-10(5-11)7-17-13/h3-4,6,10-11H,2,5,7H2,1H3,(H,14,16). The van der Waals surface area contributed by atoms with Gasteiger partial charge < -0.3 is 13.3 Å². The van der Waals surface area contributed by atoms with E-state index in [1.807, 2.05) is 34.1 Å². The molecule has 0 bridgehead atoms. The summed E-state index contributed by atoms with van der Waals surface area (Å²) in [5.41, 5.74) is 0.708. The minimum atomic E-state index is -0.0691. The van der Waals surface area contributed by atoms with Gasteiger partial charge in [0.25, 0.3) is 5.91 Å². The van der Waals surface area contributed by atoms with E-state index in [0.29, 0.717) is 17.3 Å². The fourth-order valence-corrected chi connectivity index (χ4v) is 2.56. The van der Waals surface area contributed by atoms with Crippen molar-refractivity contribution in [1.29, 1.82) is 0 Å². The Morgan fingerprint density at radius 3 is 3.12 bits per heavy atom. The molecule has 5 heteroatoms. The molecule has 0 aromatic heterocycles. The lowest BCUT2D eigenvalue weighted by atomic mass is 10.1. The van der Waals surface area contributed by atoms with Crippen molar-refractivity contribution in [1.82, 2.24) is 10.2 Å². The highest BCUT2D eigenvalue weighted by atomic mass is 127. The number of carbonyl (C=O) groups excluding carboxylic acids is 1. The van der Waals surface area contributed by atoms with Crippen molar-refractivity contribution in [2.24, 2.45) is 5.92 Å². The largest absolute Gasteiger partial charge is 0.328 e. The zero-order chi connectivity index (χ0) is 12.4. The second-order valence-corrected chi connectivity index (χ2v) is 4.97. The summed E-state index contributed by atoms with van der Waals surface area (Å²) in [6.07, 6.45) is 7.16. The molecule has 2 atom stereocenters. The summed E-state index contributed by atoms with van der Waals surface area (Å²) in [6, 6.07) is 0.259. The van der Waals surface area contributed by atoms with Crippen LogP contribution < -0.4 is 5.32 Å². The van der Waals surface area contributed by atoms with Gasteiger partial charge in [-0.1, -0.05) is 18.7 Å². The molecule has 0 fully saturated rings. The van der Waals surface area contributed by atoms with Crippen molar-refractivity contribution < 1.29 is 7.86 Å². The zero-order valence-electron chi connectivity index (χ0n) is 9.65. The maximum atomic E-state index is 11.4. The van der Waals surface area contributed by atoms with Crippen LogP contribution in [0.2, 0.25) is 0 Å². The number of rotatable bonds is 3. The summed E-state index contributed by atoms with van der Waals surface area (Å²) in [7, 11) is 0. The summed E-state index contributed by atoms with van der Waals surface area (Å²) in [5, 5.41) is 2.76. The number of carbonyl (C=O) groups is 1. The van der Waals surface area contributed by atoms with Crippen LogP contribution in [0.25, 0.3) is 0 Å². The average Bonchev–Trinajstić information content (AvgIpc) is 2.72. The van der Waals surface area contributed by atoms with Gasteiger partial charge in [0.1, 0.15) is 28.8 Å². The lowest BCUT2D eigenvalue weighted by Crippen LogP contribution is -2.41.